The number of hydrogen-bond acceptors (Lipinski definition) is 7. The van der Waals surface area contributed by atoms with Gasteiger partial charge < -0.3 is 4.74 Å². The molecule has 8 nitrogen and oxygen atoms in total. The summed E-state index contributed by atoms with van der Waals surface area (Å²) < 4.78 is 4.49. The fourth-order valence-electron chi connectivity index (χ4n) is 1.67. The topological polar surface area (TPSA) is 107 Å². The van der Waals surface area contributed by atoms with Crippen molar-refractivity contribution < 1.29 is 33.5 Å². The van der Waals surface area contributed by atoms with Crippen LogP contribution in [0.5, 0.6) is 0 Å². The Bertz CT molecular complexity index is 383. The van der Waals surface area contributed by atoms with Crippen molar-refractivity contribution in [1.29, 1.82) is 0 Å². The summed E-state index contributed by atoms with van der Waals surface area (Å²) in [5.41, 5.74) is 0. The van der Waals surface area contributed by atoms with Crippen LogP contribution in [0.4, 0.5) is 4.79 Å². The van der Waals surface area contributed by atoms with Crippen molar-refractivity contribution in [2.45, 2.75) is 31.8 Å². The van der Waals surface area contributed by atoms with Crippen LogP contribution in [0.2, 0.25) is 0 Å². The number of ketones is 2. The van der Waals surface area contributed by atoms with E-state index < -0.39 is 35.6 Å². The van der Waals surface area contributed by atoms with Gasteiger partial charge in [-0.1, -0.05) is 5.06 Å². The molecule has 0 bridgehead atoms. The standard InChI is InChI=1S/C10H9NO7/c12-5-1-2-6(13)9(5)17-10(16)18-11-7(14)3-4-8(11)15/h9H,1-4H2. The summed E-state index contributed by atoms with van der Waals surface area (Å²) in [5, 5.41) is 0.284. The molecule has 1 aliphatic carbocycles. The van der Waals surface area contributed by atoms with Crippen LogP contribution in [0.3, 0.4) is 0 Å². The first-order valence-corrected chi connectivity index (χ1v) is 5.29. The van der Waals surface area contributed by atoms with E-state index in [9.17, 15) is 24.0 Å². The van der Waals surface area contributed by atoms with Gasteiger partial charge in [0.15, 0.2) is 11.6 Å². The molecule has 1 saturated heterocycles. The minimum atomic E-state index is -1.48. The molecule has 1 saturated carbocycles. The van der Waals surface area contributed by atoms with Gasteiger partial charge in [-0.3, -0.25) is 24.0 Å². The van der Waals surface area contributed by atoms with Gasteiger partial charge in [-0.05, 0) is 0 Å². The number of amides is 2. The van der Waals surface area contributed by atoms with Crippen molar-refractivity contribution in [3.63, 3.8) is 0 Å². The molecule has 18 heavy (non-hydrogen) atoms. The highest BCUT2D eigenvalue weighted by Crippen LogP contribution is 2.17. The summed E-state index contributed by atoms with van der Waals surface area (Å²) in [6.07, 6.45) is -2.96. The minimum Gasteiger partial charge on any atom is -0.413 e. The Kier molecular flexibility index (Phi) is 3.09. The van der Waals surface area contributed by atoms with Crippen LogP contribution in [-0.4, -0.2) is 40.7 Å². The lowest BCUT2D eigenvalue weighted by atomic mass is 10.3. The molecule has 2 rings (SSSR count). The fourth-order valence-corrected chi connectivity index (χ4v) is 1.67. The van der Waals surface area contributed by atoms with Crippen LogP contribution in [0.1, 0.15) is 25.7 Å². The van der Waals surface area contributed by atoms with Gasteiger partial charge in [0.2, 0.25) is 6.10 Å². The quantitative estimate of drug-likeness (QED) is 0.372. The van der Waals surface area contributed by atoms with Gasteiger partial charge in [0.1, 0.15) is 0 Å². The van der Waals surface area contributed by atoms with E-state index in [1.54, 1.807) is 0 Å². The van der Waals surface area contributed by atoms with E-state index in [0.29, 0.717) is 0 Å². The number of ether oxygens (including phenoxy) is 1. The van der Waals surface area contributed by atoms with Gasteiger partial charge in [-0.15, -0.1) is 0 Å². The molecule has 0 N–H and O–H groups in total. The molecule has 0 aromatic heterocycles. The lowest BCUT2D eigenvalue weighted by Gasteiger charge is -2.14. The lowest BCUT2D eigenvalue weighted by Crippen LogP contribution is -2.36. The van der Waals surface area contributed by atoms with Crippen molar-refractivity contribution in [2.24, 2.45) is 0 Å². The van der Waals surface area contributed by atoms with E-state index in [4.69, 9.17) is 0 Å². The van der Waals surface area contributed by atoms with Crippen LogP contribution in [0.15, 0.2) is 0 Å². The summed E-state index contributed by atoms with van der Waals surface area (Å²) in [7, 11) is 0. The molecule has 2 aliphatic rings. The second-order valence-corrected chi connectivity index (χ2v) is 3.85. The predicted octanol–water partition coefficient (Wildman–Crippen LogP) is -0.496. The molecule has 96 valence electrons. The second-order valence-electron chi connectivity index (χ2n) is 3.85. The molecule has 0 atom stereocenters. The molecule has 0 aromatic rings. The molecular weight excluding hydrogens is 246 g/mol. The van der Waals surface area contributed by atoms with Crippen molar-refractivity contribution in [2.75, 3.05) is 0 Å². The minimum absolute atomic E-state index is 0.0123. The highest BCUT2D eigenvalue weighted by molar-refractivity contribution is 6.12. The Labute approximate surface area is 101 Å². The summed E-state index contributed by atoms with van der Waals surface area (Å²) >= 11 is 0. The SMILES string of the molecule is O=C(OC1C(=O)CCC1=O)ON1C(=O)CCC1=O. The number of carbonyl (C=O) groups is 5. The zero-order valence-corrected chi connectivity index (χ0v) is 9.21. The van der Waals surface area contributed by atoms with E-state index in [1.807, 2.05) is 0 Å². The zero-order valence-electron chi connectivity index (χ0n) is 9.21. The second kappa shape index (κ2) is 4.55. The number of carbonyl (C=O) groups excluding carboxylic acids is 5. The largest absolute Gasteiger partial charge is 0.535 e. The highest BCUT2D eigenvalue weighted by Gasteiger charge is 2.39. The van der Waals surface area contributed by atoms with E-state index in [-0.39, 0.29) is 30.7 Å². The molecule has 2 fully saturated rings. The molecule has 1 aliphatic heterocycles. The number of hydrogen-bond donors (Lipinski definition) is 0. The molecule has 0 radical (unpaired) electrons. The van der Waals surface area contributed by atoms with E-state index in [1.165, 1.54) is 0 Å². The van der Waals surface area contributed by atoms with Crippen LogP contribution in [0, 0.1) is 0 Å². The average molecular weight is 255 g/mol. The van der Waals surface area contributed by atoms with Crippen LogP contribution < -0.4 is 0 Å². The predicted molar refractivity (Wildman–Crippen MR) is 51.7 cm³/mol. The Balaban J connectivity index is 1.93. The van der Waals surface area contributed by atoms with Crippen LogP contribution >= 0.6 is 0 Å². The molecule has 0 spiro atoms. The molecule has 2 amide bonds. The monoisotopic (exact) mass is 255 g/mol. The Morgan fingerprint density at radius 3 is 1.94 bits per heavy atom. The Morgan fingerprint density at radius 1 is 0.944 bits per heavy atom. The first kappa shape index (κ1) is 12.2. The van der Waals surface area contributed by atoms with Crippen molar-refractivity contribution >= 4 is 29.5 Å². The Morgan fingerprint density at radius 2 is 1.44 bits per heavy atom. The first-order chi connectivity index (χ1) is 8.49. The smallest absolute Gasteiger partial charge is 0.413 e. The fraction of sp³-hybridized carbons (Fsp3) is 0.500. The van der Waals surface area contributed by atoms with Gasteiger partial charge in [0.05, 0.1) is 0 Å². The Hall–Kier alpha value is -2.25. The van der Waals surface area contributed by atoms with Crippen molar-refractivity contribution in [1.82, 2.24) is 5.06 Å². The molecule has 1 heterocycles. The number of rotatable bonds is 2. The van der Waals surface area contributed by atoms with E-state index in [0.717, 1.165) is 0 Å². The average Bonchev–Trinajstić information content (AvgIpc) is 2.79. The summed E-state index contributed by atoms with van der Waals surface area (Å²) in [6, 6.07) is 0. The number of imide groups is 1. The normalized spacial score (nSPS) is 20.8. The van der Waals surface area contributed by atoms with Gasteiger partial charge in [0, 0.05) is 25.7 Å². The molecule has 0 unspecified atom stereocenters. The van der Waals surface area contributed by atoms with Gasteiger partial charge in [-0.25, -0.2) is 4.79 Å². The summed E-state index contributed by atoms with van der Waals surface area (Å²) in [6.45, 7) is 0. The first-order valence-electron chi connectivity index (χ1n) is 5.29. The van der Waals surface area contributed by atoms with E-state index >= 15 is 0 Å². The number of nitrogens with zero attached hydrogens (tertiary/aromatic N) is 1. The third-order valence-corrected chi connectivity index (χ3v) is 2.59. The third kappa shape index (κ3) is 2.22. The maximum Gasteiger partial charge on any atom is 0.535 e. The van der Waals surface area contributed by atoms with Crippen LogP contribution in [-0.2, 0) is 28.8 Å². The zero-order chi connectivity index (χ0) is 13.3. The maximum atomic E-state index is 11.2. The summed E-state index contributed by atoms with van der Waals surface area (Å²) in [5.74, 6) is -2.37. The molecule has 0 aromatic carbocycles. The van der Waals surface area contributed by atoms with Crippen molar-refractivity contribution in [3.8, 4) is 0 Å². The summed E-state index contributed by atoms with van der Waals surface area (Å²) in [4.78, 5) is 60.2. The van der Waals surface area contributed by atoms with Crippen LogP contribution in [0.25, 0.3) is 0 Å². The third-order valence-electron chi connectivity index (χ3n) is 2.59. The lowest BCUT2D eigenvalue weighted by molar-refractivity contribution is -0.178. The van der Waals surface area contributed by atoms with Gasteiger partial charge >= 0.3 is 6.16 Å². The number of hydroxylamine groups is 2. The highest BCUT2D eigenvalue weighted by atomic mass is 16.8. The molecular formula is C10H9NO7. The van der Waals surface area contributed by atoms with E-state index in [2.05, 4.69) is 9.57 Å². The van der Waals surface area contributed by atoms with Crippen molar-refractivity contribution in [3.05, 3.63) is 0 Å². The van der Waals surface area contributed by atoms with Gasteiger partial charge in [-0.2, -0.15) is 0 Å². The van der Waals surface area contributed by atoms with Gasteiger partial charge in [0.25, 0.3) is 11.8 Å². The number of Topliss-reactive ketones (excluding diaryl/α,β-unsaturated/α-hetero) is 2. The molecule has 8 heteroatoms. The maximum absolute atomic E-state index is 11.2.